The predicted molar refractivity (Wildman–Crippen MR) is 105 cm³/mol. The number of halogens is 1. The van der Waals surface area contributed by atoms with Crippen LogP contribution in [0.15, 0.2) is 36.4 Å². The molecule has 1 aromatic carbocycles. The molecule has 4 nitrogen and oxygen atoms in total. The maximum Gasteiger partial charge on any atom is 0.242 e. The number of rotatable bonds is 8. The number of aryl methyl sites for hydroxylation is 1. The van der Waals surface area contributed by atoms with Gasteiger partial charge in [0.2, 0.25) is 11.8 Å². The van der Waals surface area contributed by atoms with Gasteiger partial charge in [-0.2, -0.15) is 0 Å². The van der Waals surface area contributed by atoms with Gasteiger partial charge in [-0.25, -0.2) is 4.39 Å². The van der Waals surface area contributed by atoms with Crippen molar-refractivity contribution in [3.8, 4) is 0 Å². The molecule has 1 saturated carbocycles. The lowest BCUT2D eigenvalue weighted by atomic mass is 10.2. The van der Waals surface area contributed by atoms with Crippen LogP contribution in [-0.2, 0) is 22.7 Å². The first-order valence-corrected chi connectivity index (χ1v) is 10.1. The highest BCUT2D eigenvalue weighted by Crippen LogP contribution is 2.28. The molecule has 0 aliphatic heterocycles. The molecule has 3 rings (SSSR count). The molecule has 6 heteroatoms. The summed E-state index contributed by atoms with van der Waals surface area (Å²) >= 11 is 1.66. The lowest BCUT2D eigenvalue weighted by Gasteiger charge is -2.27. The number of carbonyl (C=O) groups excluding carboxylic acids is 2. The second-order valence-electron chi connectivity index (χ2n) is 6.99. The molecule has 0 atom stereocenters. The molecule has 1 aromatic heterocycles. The molecule has 2 aromatic rings. The fourth-order valence-electron chi connectivity index (χ4n) is 3.06. The third-order valence-corrected chi connectivity index (χ3v) is 5.68. The van der Waals surface area contributed by atoms with E-state index in [1.165, 1.54) is 17.0 Å². The number of hydrogen-bond acceptors (Lipinski definition) is 3. The van der Waals surface area contributed by atoms with E-state index in [1.807, 2.05) is 26.0 Å². The van der Waals surface area contributed by atoms with Crippen LogP contribution in [0.2, 0.25) is 0 Å². The lowest BCUT2D eigenvalue weighted by molar-refractivity contribution is -0.141. The van der Waals surface area contributed by atoms with E-state index in [4.69, 9.17) is 0 Å². The summed E-state index contributed by atoms with van der Waals surface area (Å²) in [5.74, 6) is -0.336. The Labute approximate surface area is 163 Å². The summed E-state index contributed by atoms with van der Waals surface area (Å²) in [6.45, 7) is 4.87. The first-order chi connectivity index (χ1) is 13.0. The van der Waals surface area contributed by atoms with Crippen LogP contribution in [0.4, 0.5) is 4.39 Å². The Bertz CT molecular complexity index is 799. The summed E-state index contributed by atoms with van der Waals surface area (Å²) < 4.78 is 13.2. The van der Waals surface area contributed by atoms with Gasteiger partial charge in [-0.05, 0) is 49.6 Å². The predicted octanol–water partition coefficient (Wildman–Crippen LogP) is 4.13. The Kier molecular flexibility index (Phi) is 6.26. The Morgan fingerprint density at radius 2 is 1.78 bits per heavy atom. The molecule has 0 bridgehead atoms. The van der Waals surface area contributed by atoms with E-state index in [1.54, 1.807) is 33.3 Å². The van der Waals surface area contributed by atoms with Crippen molar-refractivity contribution < 1.29 is 14.0 Å². The van der Waals surface area contributed by atoms with Crippen LogP contribution in [0, 0.1) is 12.7 Å². The zero-order chi connectivity index (χ0) is 19.4. The van der Waals surface area contributed by atoms with Gasteiger partial charge in [0.1, 0.15) is 12.4 Å². The normalized spacial score (nSPS) is 13.4. The molecule has 1 aliphatic carbocycles. The summed E-state index contributed by atoms with van der Waals surface area (Å²) in [5.41, 5.74) is 0.873. The molecule has 1 fully saturated rings. The molecule has 0 radical (unpaired) electrons. The van der Waals surface area contributed by atoms with Gasteiger partial charge in [0.05, 0.1) is 6.54 Å². The van der Waals surface area contributed by atoms with Crippen LogP contribution in [0.5, 0.6) is 0 Å². The smallest absolute Gasteiger partial charge is 0.242 e. The fourth-order valence-corrected chi connectivity index (χ4v) is 3.96. The number of thiophene rings is 1. The van der Waals surface area contributed by atoms with Crippen molar-refractivity contribution in [1.29, 1.82) is 0 Å². The average Bonchev–Trinajstić information content (AvgIpc) is 3.42. The maximum atomic E-state index is 13.2. The standard InChI is InChI=1S/C21H25FN2O2S/c1-3-20(25)24(18-9-10-18)14-21(26)23(13-19-11-4-15(2)27-19)12-16-5-7-17(22)8-6-16/h4-8,11,18H,3,9-10,12-14H2,1-2H3. The van der Waals surface area contributed by atoms with Crippen molar-refractivity contribution in [2.45, 2.75) is 52.2 Å². The second kappa shape index (κ2) is 8.65. The van der Waals surface area contributed by atoms with Crippen molar-refractivity contribution in [1.82, 2.24) is 9.80 Å². The number of amides is 2. The number of carbonyl (C=O) groups is 2. The monoisotopic (exact) mass is 388 g/mol. The molecule has 2 amide bonds. The molecule has 27 heavy (non-hydrogen) atoms. The van der Waals surface area contributed by atoms with E-state index in [0.717, 1.165) is 23.3 Å². The summed E-state index contributed by atoms with van der Waals surface area (Å²) in [5, 5.41) is 0. The first-order valence-electron chi connectivity index (χ1n) is 9.33. The maximum absolute atomic E-state index is 13.2. The van der Waals surface area contributed by atoms with Gasteiger partial charge in [-0.1, -0.05) is 19.1 Å². The van der Waals surface area contributed by atoms with Crippen LogP contribution in [0.3, 0.4) is 0 Å². The highest BCUT2D eigenvalue weighted by atomic mass is 32.1. The van der Waals surface area contributed by atoms with Gasteiger partial charge in [0, 0.05) is 28.8 Å². The van der Waals surface area contributed by atoms with Crippen molar-refractivity contribution in [2.24, 2.45) is 0 Å². The van der Waals surface area contributed by atoms with Crippen LogP contribution in [-0.4, -0.2) is 34.2 Å². The Hall–Kier alpha value is -2.21. The highest BCUT2D eigenvalue weighted by molar-refractivity contribution is 7.11. The third-order valence-electron chi connectivity index (χ3n) is 4.70. The molecule has 0 spiro atoms. The minimum Gasteiger partial charge on any atom is -0.332 e. The fraction of sp³-hybridized carbons (Fsp3) is 0.429. The lowest BCUT2D eigenvalue weighted by Crippen LogP contribution is -2.43. The Balaban J connectivity index is 1.75. The minimum absolute atomic E-state index is 0.0274. The van der Waals surface area contributed by atoms with Crippen LogP contribution < -0.4 is 0 Å². The molecular weight excluding hydrogens is 363 g/mol. The summed E-state index contributed by atoms with van der Waals surface area (Å²) in [6, 6.07) is 10.5. The van der Waals surface area contributed by atoms with E-state index >= 15 is 0 Å². The van der Waals surface area contributed by atoms with Gasteiger partial charge in [-0.15, -0.1) is 11.3 Å². The SMILES string of the molecule is CCC(=O)N(CC(=O)N(Cc1ccc(F)cc1)Cc1ccc(C)s1)C1CC1. The van der Waals surface area contributed by atoms with E-state index in [0.29, 0.717) is 19.5 Å². The molecule has 0 unspecified atom stereocenters. The van der Waals surface area contributed by atoms with Crippen molar-refractivity contribution in [3.63, 3.8) is 0 Å². The molecule has 1 heterocycles. The zero-order valence-corrected chi connectivity index (χ0v) is 16.6. The van der Waals surface area contributed by atoms with Crippen molar-refractivity contribution in [3.05, 3.63) is 57.5 Å². The number of nitrogens with zero attached hydrogens (tertiary/aromatic N) is 2. The van der Waals surface area contributed by atoms with Crippen LogP contribution in [0.25, 0.3) is 0 Å². The van der Waals surface area contributed by atoms with Gasteiger partial charge < -0.3 is 9.80 Å². The number of benzene rings is 1. The number of hydrogen-bond donors (Lipinski definition) is 0. The molecular formula is C21H25FN2O2S. The van der Waals surface area contributed by atoms with Gasteiger partial charge in [0.15, 0.2) is 0 Å². The average molecular weight is 389 g/mol. The molecule has 144 valence electrons. The Morgan fingerprint density at radius 3 is 2.33 bits per heavy atom. The molecule has 1 aliphatic rings. The molecule has 0 N–H and O–H groups in total. The summed E-state index contributed by atoms with van der Waals surface area (Å²) in [6.07, 6.45) is 2.36. The zero-order valence-electron chi connectivity index (χ0n) is 15.8. The van der Waals surface area contributed by atoms with E-state index in [-0.39, 0.29) is 30.2 Å². The molecule has 0 saturated heterocycles. The van der Waals surface area contributed by atoms with Gasteiger partial charge in [-0.3, -0.25) is 9.59 Å². The van der Waals surface area contributed by atoms with Gasteiger partial charge in [0.25, 0.3) is 0 Å². The van der Waals surface area contributed by atoms with Crippen molar-refractivity contribution >= 4 is 23.2 Å². The third kappa shape index (κ3) is 5.39. The Morgan fingerprint density at radius 1 is 1.07 bits per heavy atom. The van der Waals surface area contributed by atoms with Crippen molar-refractivity contribution in [2.75, 3.05) is 6.54 Å². The van der Waals surface area contributed by atoms with E-state index in [2.05, 4.69) is 0 Å². The highest BCUT2D eigenvalue weighted by Gasteiger charge is 2.34. The topological polar surface area (TPSA) is 40.6 Å². The van der Waals surface area contributed by atoms with E-state index in [9.17, 15) is 14.0 Å². The van der Waals surface area contributed by atoms with E-state index < -0.39 is 0 Å². The summed E-state index contributed by atoms with van der Waals surface area (Å²) in [4.78, 5) is 31.1. The van der Waals surface area contributed by atoms with Crippen LogP contribution >= 0.6 is 11.3 Å². The van der Waals surface area contributed by atoms with Crippen LogP contribution in [0.1, 0.15) is 41.5 Å². The first kappa shape index (κ1) is 19.5. The summed E-state index contributed by atoms with van der Waals surface area (Å²) in [7, 11) is 0. The second-order valence-corrected chi connectivity index (χ2v) is 8.37. The minimum atomic E-state index is -0.293. The largest absolute Gasteiger partial charge is 0.332 e. The quantitative estimate of drug-likeness (QED) is 0.682. The van der Waals surface area contributed by atoms with Gasteiger partial charge >= 0.3 is 0 Å².